The van der Waals surface area contributed by atoms with Crippen molar-refractivity contribution in [2.75, 3.05) is 0 Å². The van der Waals surface area contributed by atoms with Gasteiger partial charge in [0.1, 0.15) is 11.6 Å². The lowest BCUT2D eigenvalue weighted by Gasteiger charge is -2.04. The van der Waals surface area contributed by atoms with Gasteiger partial charge >= 0.3 is 5.23 Å². The minimum Gasteiger partial charge on any atom is -0.430 e. The first-order chi connectivity index (χ1) is 7.50. The van der Waals surface area contributed by atoms with Crippen molar-refractivity contribution in [3.8, 4) is 5.75 Å². The molecule has 0 aromatic heterocycles. The van der Waals surface area contributed by atoms with Gasteiger partial charge in [-0.1, -0.05) is 0 Å². The molecule has 1 aromatic rings. The Morgan fingerprint density at radius 3 is 2.38 bits per heavy atom. The summed E-state index contributed by atoms with van der Waals surface area (Å²) in [4.78, 5) is 3.77. The molecule has 6 heteroatoms. The van der Waals surface area contributed by atoms with Gasteiger partial charge in [-0.15, -0.1) is 0 Å². The van der Waals surface area contributed by atoms with E-state index in [-0.39, 0.29) is 15.9 Å². The summed E-state index contributed by atoms with van der Waals surface area (Å²) in [5, 5.41) is -0.378. The monoisotopic (exact) mass is 241 g/mol. The number of benzene rings is 1. The molecule has 1 heterocycles. The minimum atomic E-state index is -3.58. The highest BCUT2D eigenvalue weighted by Crippen LogP contribution is 2.20. The van der Waals surface area contributed by atoms with Gasteiger partial charge in [-0.05, 0) is 31.2 Å². The van der Waals surface area contributed by atoms with Crippen molar-refractivity contribution in [1.82, 2.24) is 0 Å². The Morgan fingerprint density at radius 1 is 1.25 bits per heavy atom. The van der Waals surface area contributed by atoms with Gasteiger partial charge in [0, 0.05) is 6.20 Å². The van der Waals surface area contributed by atoms with E-state index in [0.29, 0.717) is 0 Å². The molecule has 2 rings (SSSR count). The fourth-order valence-electron chi connectivity index (χ4n) is 1.10. The molecule has 0 radical (unpaired) electrons. The molecule has 1 aliphatic heterocycles. The number of rotatable bonds is 1. The number of hydrogen-bond donors (Lipinski definition) is 0. The summed E-state index contributed by atoms with van der Waals surface area (Å²) >= 11 is 0. The third-order valence-electron chi connectivity index (χ3n) is 2.02. The normalized spacial score (nSPS) is 17.9. The van der Waals surface area contributed by atoms with Crippen LogP contribution in [0, 0.1) is 5.82 Å². The van der Waals surface area contributed by atoms with Crippen LogP contribution in [0.5, 0.6) is 5.75 Å². The summed E-state index contributed by atoms with van der Waals surface area (Å²) in [6, 6.07) is 5.03. The van der Waals surface area contributed by atoms with Crippen molar-refractivity contribution in [3.63, 3.8) is 0 Å². The molecule has 16 heavy (non-hydrogen) atoms. The molecule has 1 aromatic carbocycles. The Labute approximate surface area is 92.0 Å². The highest BCUT2D eigenvalue weighted by molar-refractivity contribution is 8.09. The lowest BCUT2D eigenvalue weighted by molar-refractivity contribution is 0.546. The molecular weight excluding hydrogens is 233 g/mol. The van der Waals surface area contributed by atoms with Crippen LogP contribution in [-0.4, -0.2) is 13.6 Å². The first-order valence-electron chi connectivity index (χ1n) is 4.43. The zero-order valence-corrected chi connectivity index (χ0v) is 9.16. The molecule has 0 spiro atoms. The first kappa shape index (κ1) is 10.8. The Hall–Kier alpha value is -1.69. The van der Waals surface area contributed by atoms with Crippen LogP contribution in [0.3, 0.4) is 0 Å². The third kappa shape index (κ3) is 1.83. The van der Waals surface area contributed by atoms with E-state index >= 15 is 0 Å². The second kappa shape index (κ2) is 3.71. The van der Waals surface area contributed by atoms with Crippen LogP contribution in [0.15, 0.2) is 40.4 Å². The van der Waals surface area contributed by atoms with Crippen LogP contribution >= 0.6 is 0 Å². The maximum Gasteiger partial charge on any atom is 0.319 e. The number of sulfone groups is 1. The second-order valence-corrected chi connectivity index (χ2v) is 5.19. The Kier molecular flexibility index (Phi) is 2.51. The first-order valence-corrected chi connectivity index (χ1v) is 5.91. The van der Waals surface area contributed by atoms with E-state index in [1.807, 2.05) is 0 Å². The van der Waals surface area contributed by atoms with Gasteiger partial charge in [0.25, 0.3) is 9.84 Å². The van der Waals surface area contributed by atoms with E-state index in [1.165, 1.54) is 37.4 Å². The van der Waals surface area contributed by atoms with Gasteiger partial charge < -0.3 is 4.74 Å². The average Bonchev–Trinajstić information content (AvgIpc) is 2.48. The maximum absolute atomic E-state index is 12.6. The average molecular weight is 241 g/mol. The quantitative estimate of drug-likeness (QED) is 0.754. The summed E-state index contributed by atoms with van der Waals surface area (Å²) < 4.78 is 40.8. The molecule has 4 nitrogen and oxygen atoms in total. The molecule has 1 aliphatic rings. The summed E-state index contributed by atoms with van der Waals surface area (Å²) in [6.07, 6.45) is 1.22. The van der Waals surface area contributed by atoms with Crippen molar-refractivity contribution in [2.24, 2.45) is 4.99 Å². The predicted octanol–water partition coefficient (Wildman–Crippen LogP) is 1.85. The second-order valence-electron chi connectivity index (χ2n) is 3.19. The third-order valence-corrected chi connectivity index (χ3v) is 3.63. The highest BCUT2D eigenvalue weighted by Gasteiger charge is 2.28. The van der Waals surface area contributed by atoms with E-state index in [2.05, 4.69) is 4.99 Å². The van der Waals surface area contributed by atoms with Gasteiger partial charge in [-0.2, -0.15) is 0 Å². The smallest absolute Gasteiger partial charge is 0.319 e. The largest absolute Gasteiger partial charge is 0.430 e. The Morgan fingerprint density at radius 2 is 1.88 bits per heavy atom. The summed E-state index contributed by atoms with van der Waals surface area (Å²) in [6.45, 7) is 1.43. The van der Waals surface area contributed by atoms with Crippen LogP contribution in [0.2, 0.25) is 0 Å². The van der Waals surface area contributed by atoms with Crippen LogP contribution < -0.4 is 4.74 Å². The standard InChI is InChI=1S/C10H8FNO3S/c1-7-6-12-10(16(7,13)14)15-9-4-2-8(11)3-5-9/h2-6H,1H3. The maximum atomic E-state index is 12.6. The number of ether oxygens (including phenoxy) is 1. The SMILES string of the molecule is CC1=CN=C(Oc2ccc(F)cc2)S1(=O)=O. The van der Waals surface area contributed by atoms with Crippen LogP contribution in [0.4, 0.5) is 4.39 Å². The van der Waals surface area contributed by atoms with Crippen molar-refractivity contribution < 1.29 is 17.5 Å². The van der Waals surface area contributed by atoms with Gasteiger partial charge in [0.05, 0.1) is 4.91 Å². The lowest BCUT2D eigenvalue weighted by Crippen LogP contribution is -2.18. The molecular formula is C10H8FNO3S. The molecule has 0 amide bonds. The van der Waals surface area contributed by atoms with E-state index in [9.17, 15) is 12.8 Å². The number of nitrogens with zero attached hydrogens (tertiary/aromatic N) is 1. The molecule has 0 saturated heterocycles. The molecule has 0 atom stereocenters. The number of allylic oxidation sites excluding steroid dienone is 1. The number of hydrogen-bond acceptors (Lipinski definition) is 4. The zero-order valence-electron chi connectivity index (χ0n) is 8.34. The topological polar surface area (TPSA) is 55.7 Å². The molecule has 0 unspecified atom stereocenters. The molecule has 0 N–H and O–H groups in total. The Bertz CT molecular complexity index is 573. The van der Waals surface area contributed by atoms with E-state index in [0.717, 1.165) is 0 Å². The van der Waals surface area contributed by atoms with Crippen LogP contribution in [0.1, 0.15) is 6.92 Å². The minimum absolute atomic E-state index is 0.129. The Balaban J connectivity index is 2.23. The van der Waals surface area contributed by atoms with Gasteiger partial charge in [-0.25, -0.2) is 17.8 Å². The van der Waals surface area contributed by atoms with Crippen molar-refractivity contribution >= 4 is 15.1 Å². The number of aliphatic imine (C=N–C) groups is 1. The molecule has 0 bridgehead atoms. The lowest BCUT2D eigenvalue weighted by atomic mass is 10.3. The van der Waals surface area contributed by atoms with Crippen LogP contribution in [0.25, 0.3) is 0 Å². The molecule has 0 aliphatic carbocycles. The van der Waals surface area contributed by atoms with E-state index < -0.39 is 15.7 Å². The fraction of sp³-hybridized carbons (Fsp3) is 0.100. The molecule has 0 saturated carbocycles. The van der Waals surface area contributed by atoms with Crippen molar-refractivity contribution in [2.45, 2.75) is 6.92 Å². The summed E-state index contributed by atoms with van der Waals surface area (Å²) in [7, 11) is -3.58. The fourth-order valence-corrected chi connectivity index (χ4v) is 1.97. The van der Waals surface area contributed by atoms with Crippen molar-refractivity contribution in [1.29, 1.82) is 0 Å². The van der Waals surface area contributed by atoms with E-state index in [4.69, 9.17) is 4.74 Å². The van der Waals surface area contributed by atoms with Crippen LogP contribution in [-0.2, 0) is 9.84 Å². The summed E-state index contributed by atoms with van der Waals surface area (Å²) in [5.74, 6) is -0.190. The van der Waals surface area contributed by atoms with Gasteiger partial charge in [0.15, 0.2) is 0 Å². The van der Waals surface area contributed by atoms with Crippen molar-refractivity contribution in [3.05, 3.63) is 41.2 Å². The van der Waals surface area contributed by atoms with E-state index in [1.54, 1.807) is 0 Å². The van der Waals surface area contributed by atoms with Gasteiger partial charge in [-0.3, -0.25) is 0 Å². The predicted molar refractivity (Wildman–Crippen MR) is 57.1 cm³/mol. The number of halogens is 1. The molecule has 0 fully saturated rings. The molecule has 84 valence electrons. The summed E-state index contributed by atoms with van der Waals surface area (Å²) in [5.41, 5.74) is 0. The zero-order chi connectivity index (χ0) is 11.8. The van der Waals surface area contributed by atoms with Gasteiger partial charge in [0.2, 0.25) is 0 Å². The highest BCUT2D eigenvalue weighted by atomic mass is 32.2.